The van der Waals surface area contributed by atoms with Gasteiger partial charge < -0.3 is 10.6 Å². The summed E-state index contributed by atoms with van der Waals surface area (Å²) in [6, 6.07) is 7.50. The number of hydrogen-bond donors (Lipinski definition) is 2. The highest BCUT2D eigenvalue weighted by atomic mass is 32.2. The molecule has 0 aliphatic heterocycles. The minimum Gasteiger partial charge on any atom is -0.326 e. The molecule has 0 bridgehead atoms. The SMILES string of the molecule is CC(=O)Nc1ccc(NC(=O)C(C)N(c2ccc(F)c(F)c2)S(C)(=O)=O)cc1. The van der Waals surface area contributed by atoms with Gasteiger partial charge in [-0.25, -0.2) is 17.2 Å². The number of carbonyl (C=O) groups excluding carboxylic acids is 2. The van der Waals surface area contributed by atoms with E-state index in [4.69, 9.17) is 0 Å². The molecule has 10 heteroatoms. The predicted molar refractivity (Wildman–Crippen MR) is 103 cm³/mol. The number of anilines is 3. The number of nitrogens with one attached hydrogen (secondary N) is 2. The number of hydrogen-bond acceptors (Lipinski definition) is 4. The Morgan fingerprint density at radius 2 is 1.50 bits per heavy atom. The molecular weight excluding hydrogens is 392 g/mol. The van der Waals surface area contributed by atoms with E-state index in [0.717, 1.165) is 18.4 Å². The zero-order chi connectivity index (χ0) is 21.1. The molecule has 2 aromatic carbocycles. The van der Waals surface area contributed by atoms with Crippen LogP contribution in [-0.4, -0.2) is 32.5 Å². The Kier molecular flexibility index (Phi) is 6.34. The summed E-state index contributed by atoms with van der Waals surface area (Å²) >= 11 is 0. The van der Waals surface area contributed by atoms with Gasteiger partial charge in [-0.1, -0.05) is 0 Å². The maximum Gasteiger partial charge on any atom is 0.247 e. The monoisotopic (exact) mass is 411 g/mol. The fourth-order valence-corrected chi connectivity index (χ4v) is 3.68. The first-order chi connectivity index (χ1) is 13.0. The molecule has 1 unspecified atom stereocenters. The van der Waals surface area contributed by atoms with Crippen molar-refractivity contribution >= 4 is 38.9 Å². The van der Waals surface area contributed by atoms with E-state index in [9.17, 15) is 26.8 Å². The summed E-state index contributed by atoms with van der Waals surface area (Å²) in [5.41, 5.74) is 0.716. The van der Waals surface area contributed by atoms with Gasteiger partial charge in [-0.05, 0) is 43.3 Å². The largest absolute Gasteiger partial charge is 0.326 e. The first kappa shape index (κ1) is 21.3. The lowest BCUT2D eigenvalue weighted by Gasteiger charge is -2.28. The molecule has 150 valence electrons. The fourth-order valence-electron chi connectivity index (χ4n) is 2.52. The zero-order valence-corrected chi connectivity index (χ0v) is 16.2. The molecule has 2 amide bonds. The zero-order valence-electron chi connectivity index (χ0n) is 15.4. The summed E-state index contributed by atoms with van der Waals surface area (Å²) < 4.78 is 51.7. The van der Waals surface area contributed by atoms with Gasteiger partial charge in [-0.3, -0.25) is 13.9 Å². The highest BCUT2D eigenvalue weighted by Gasteiger charge is 2.29. The van der Waals surface area contributed by atoms with E-state index in [2.05, 4.69) is 10.6 Å². The molecule has 0 aromatic heterocycles. The molecule has 1 atom stereocenters. The third-order valence-electron chi connectivity index (χ3n) is 3.72. The summed E-state index contributed by atoms with van der Waals surface area (Å²) in [6.45, 7) is 2.68. The molecule has 2 aromatic rings. The first-order valence-electron chi connectivity index (χ1n) is 8.12. The van der Waals surface area contributed by atoms with Crippen LogP contribution in [0, 0.1) is 11.6 Å². The second-order valence-corrected chi connectivity index (χ2v) is 7.94. The second kappa shape index (κ2) is 8.34. The van der Waals surface area contributed by atoms with Crippen LogP contribution in [0.25, 0.3) is 0 Å². The standard InChI is InChI=1S/C18H19F2N3O4S/c1-11(18(25)22-14-6-4-13(5-7-14)21-12(2)24)23(28(3,26)27)15-8-9-16(19)17(20)10-15/h4-11H,1-3H3,(H,21,24)(H,22,25). The number of sulfonamides is 1. The van der Waals surface area contributed by atoms with Gasteiger partial charge in [0.25, 0.3) is 0 Å². The summed E-state index contributed by atoms with van der Waals surface area (Å²) in [7, 11) is -3.97. The maximum absolute atomic E-state index is 13.5. The summed E-state index contributed by atoms with van der Waals surface area (Å²) in [5, 5.41) is 5.12. The molecule has 0 aliphatic carbocycles. The van der Waals surface area contributed by atoms with Gasteiger partial charge in [0.15, 0.2) is 11.6 Å². The van der Waals surface area contributed by atoms with Crippen molar-refractivity contribution in [2.24, 2.45) is 0 Å². The molecule has 28 heavy (non-hydrogen) atoms. The average Bonchev–Trinajstić information content (AvgIpc) is 2.58. The van der Waals surface area contributed by atoms with Gasteiger partial charge in [0.2, 0.25) is 21.8 Å². The van der Waals surface area contributed by atoms with Crippen LogP contribution in [0.15, 0.2) is 42.5 Å². The number of benzene rings is 2. The number of carbonyl (C=O) groups is 2. The van der Waals surface area contributed by atoms with Gasteiger partial charge in [0, 0.05) is 24.4 Å². The van der Waals surface area contributed by atoms with Crippen molar-refractivity contribution in [3.63, 3.8) is 0 Å². The van der Waals surface area contributed by atoms with Crippen LogP contribution >= 0.6 is 0 Å². The highest BCUT2D eigenvalue weighted by Crippen LogP contribution is 2.24. The molecule has 7 nitrogen and oxygen atoms in total. The first-order valence-corrected chi connectivity index (χ1v) is 9.97. The quantitative estimate of drug-likeness (QED) is 0.764. The van der Waals surface area contributed by atoms with Gasteiger partial charge in [-0.15, -0.1) is 0 Å². The molecule has 0 saturated carbocycles. The number of rotatable bonds is 6. The molecule has 2 rings (SSSR count). The lowest BCUT2D eigenvalue weighted by molar-refractivity contribution is -0.117. The molecule has 0 fully saturated rings. The number of halogens is 2. The van der Waals surface area contributed by atoms with Crippen LogP contribution in [0.1, 0.15) is 13.8 Å². The molecule has 0 spiro atoms. The van der Waals surface area contributed by atoms with Crippen LogP contribution in [0.3, 0.4) is 0 Å². The van der Waals surface area contributed by atoms with Crippen LogP contribution in [0.4, 0.5) is 25.8 Å². The molecule has 2 N–H and O–H groups in total. The highest BCUT2D eigenvalue weighted by molar-refractivity contribution is 7.92. The lowest BCUT2D eigenvalue weighted by Crippen LogP contribution is -2.45. The Hall–Kier alpha value is -3.01. The van der Waals surface area contributed by atoms with Gasteiger partial charge in [0.05, 0.1) is 11.9 Å². The van der Waals surface area contributed by atoms with Crippen molar-refractivity contribution in [2.75, 3.05) is 21.2 Å². The van der Waals surface area contributed by atoms with Crippen molar-refractivity contribution < 1.29 is 26.8 Å². The van der Waals surface area contributed by atoms with Crippen molar-refractivity contribution in [3.05, 3.63) is 54.1 Å². The molecule has 0 saturated heterocycles. The maximum atomic E-state index is 13.5. The van der Waals surface area contributed by atoms with Gasteiger partial charge in [0.1, 0.15) is 6.04 Å². The van der Waals surface area contributed by atoms with Crippen LogP contribution in [0.2, 0.25) is 0 Å². The van der Waals surface area contributed by atoms with E-state index < -0.39 is 33.6 Å². The predicted octanol–water partition coefficient (Wildman–Crippen LogP) is 2.72. The minimum atomic E-state index is -3.97. The van der Waals surface area contributed by atoms with E-state index >= 15 is 0 Å². The Morgan fingerprint density at radius 3 is 1.96 bits per heavy atom. The molecule has 0 radical (unpaired) electrons. The van der Waals surface area contributed by atoms with E-state index in [1.165, 1.54) is 26.0 Å². The van der Waals surface area contributed by atoms with Crippen molar-refractivity contribution in [1.29, 1.82) is 0 Å². The summed E-state index contributed by atoms with van der Waals surface area (Å²) in [5.74, 6) is -3.29. The normalized spacial score (nSPS) is 12.2. The van der Waals surface area contributed by atoms with Crippen LogP contribution < -0.4 is 14.9 Å². The Labute approximate surface area is 161 Å². The fraction of sp³-hybridized carbons (Fsp3) is 0.222. The third-order valence-corrected chi connectivity index (χ3v) is 4.96. The van der Waals surface area contributed by atoms with Crippen LogP contribution in [0.5, 0.6) is 0 Å². The van der Waals surface area contributed by atoms with Crippen molar-refractivity contribution in [2.45, 2.75) is 19.9 Å². The Bertz CT molecular complexity index is 994. The lowest BCUT2D eigenvalue weighted by atomic mass is 10.2. The molecular formula is C18H19F2N3O4S. The topological polar surface area (TPSA) is 95.6 Å². The molecule has 0 aliphatic rings. The van der Waals surface area contributed by atoms with E-state index in [-0.39, 0.29) is 11.6 Å². The number of amides is 2. The van der Waals surface area contributed by atoms with Gasteiger partial charge in [-0.2, -0.15) is 0 Å². The van der Waals surface area contributed by atoms with Crippen LogP contribution in [-0.2, 0) is 19.6 Å². The van der Waals surface area contributed by atoms with Gasteiger partial charge >= 0.3 is 0 Å². The number of nitrogens with zero attached hydrogens (tertiary/aromatic N) is 1. The average molecular weight is 411 g/mol. The summed E-state index contributed by atoms with van der Waals surface area (Å²) in [6.07, 6.45) is 0.861. The molecule has 0 heterocycles. The smallest absolute Gasteiger partial charge is 0.247 e. The van der Waals surface area contributed by atoms with E-state index in [0.29, 0.717) is 21.7 Å². The second-order valence-electron chi connectivity index (χ2n) is 6.08. The Balaban J connectivity index is 2.24. The van der Waals surface area contributed by atoms with E-state index in [1.54, 1.807) is 12.1 Å². The third kappa shape index (κ3) is 5.26. The van der Waals surface area contributed by atoms with Crippen molar-refractivity contribution in [1.82, 2.24) is 0 Å². The Morgan fingerprint density at radius 1 is 0.964 bits per heavy atom. The minimum absolute atomic E-state index is 0.176. The summed E-state index contributed by atoms with van der Waals surface area (Å²) in [4.78, 5) is 23.6. The van der Waals surface area contributed by atoms with Crippen molar-refractivity contribution in [3.8, 4) is 0 Å². The van der Waals surface area contributed by atoms with E-state index in [1.807, 2.05) is 0 Å².